The van der Waals surface area contributed by atoms with E-state index in [0.29, 0.717) is 41.2 Å². The maximum atomic E-state index is 13.6. The summed E-state index contributed by atoms with van der Waals surface area (Å²) in [5.41, 5.74) is 1.75. The lowest BCUT2D eigenvalue weighted by Crippen LogP contribution is -2.40. The van der Waals surface area contributed by atoms with Gasteiger partial charge < -0.3 is 9.47 Å². The van der Waals surface area contributed by atoms with Gasteiger partial charge in [-0.15, -0.1) is 10.2 Å². The average Bonchev–Trinajstić information content (AvgIpc) is 3.39. The number of benzene rings is 1. The van der Waals surface area contributed by atoms with Gasteiger partial charge in [-0.3, -0.25) is 9.78 Å². The van der Waals surface area contributed by atoms with Gasteiger partial charge in [0.2, 0.25) is 0 Å². The Hall–Kier alpha value is -2.83. The Morgan fingerprint density at radius 2 is 2.04 bits per heavy atom. The summed E-state index contributed by atoms with van der Waals surface area (Å²) in [6.07, 6.45) is 2.35. The number of halogens is 1. The number of fused-ring (bicyclic) bond motifs is 2. The predicted molar refractivity (Wildman–Crippen MR) is 97.9 cm³/mol. The number of aromatic nitrogens is 4. The first kappa shape index (κ1) is 16.4. The van der Waals surface area contributed by atoms with Crippen molar-refractivity contribution in [1.82, 2.24) is 24.6 Å². The van der Waals surface area contributed by atoms with Crippen LogP contribution in [0.4, 0.5) is 4.39 Å². The zero-order valence-electron chi connectivity index (χ0n) is 15.3. The molecule has 3 aromatic rings. The van der Waals surface area contributed by atoms with Crippen molar-refractivity contribution in [2.24, 2.45) is 0 Å². The Morgan fingerprint density at radius 3 is 2.81 bits per heavy atom. The van der Waals surface area contributed by atoms with Crippen LogP contribution in [0.2, 0.25) is 0 Å². The molecule has 1 fully saturated rings. The van der Waals surface area contributed by atoms with Gasteiger partial charge in [0, 0.05) is 29.6 Å². The maximum absolute atomic E-state index is 13.6. The molecule has 138 valence electrons. The van der Waals surface area contributed by atoms with Gasteiger partial charge in [-0.25, -0.2) is 4.39 Å². The van der Waals surface area contributed by atoms with Crippen molar-refractivity contribution in [3.63, 3.8) is 0 Å². The third-order valence-corrected chi connectivity index (χ3v) is 5.41. The first-order valence-corrected chi connectivity index (χ1v) is 9.31. The molecule has 0 unspecified atom stereocenters. The molecule has 1 aromatic carbocycles. The fraction of sp³-hybridized carbons (Fsp3) is 0.400. The zero-order chi connectivity index (χ0) is 18.7. The normalized spacial score (nSPS) is 19.4. The zero-order valence-corrected chi connectivity index (χ0v) is 15.3. The third kappa shape index (κ3) is 2.69. The predicted octanol–water partition coefficient (Wildman–Crippen LogP) is 3.37. The quantitative estimate of drug-likeness (QED) is 0.698. The van der Waals surface area contributed by atoms with Gasteiger partial charge in [-0.2, -0.15) is 0 Å². The minimum Gasteiger partial charge on any atom is -0.329 e. The SMILES string of the molecule is Cc1cc(C(=O)N2Cc3nnc(C4CC4)n3[C@@H](C)C2)c2ccc(F)cc2n1. The van der Waals surface area contributed by atoms with Crippen LogP contribution >= 0.6 is 0 Å². The van der Waals surface area contributed by atoms with Crippen molar-refractivity contribution in [2.45, 2.75) is 45.2 Å². The van der Waals surface area contributed by atoms with Crippen LogP contribution in [0.25, 0.3) is 10.9 Å². The number of pyridine rings is 1. The first-order chi connectivity index (χ1) is 13.0. The van der Waals surface area contributed by atoms with E-state index < -0.39 is 0 Å². The summed E-state index contributed by atoms with van der Waals surface area (Å²) in [4.78, 5) is 19.5. The smallest absolute Gasteiger partial charge is 0.255 e. The van der Waals surface area contributed by atoms with E-state index in [-0.39, 0.29) is 17.8 Å². The van der Waals surface area contributed by atoms with Gasteiger partial charge in [0.25, 0.3) is 5.91 Å². The van der Waals surface area contributed by atoms with Crippen molar-refractivity contribution in [1.29, 1.82) is 0 Å². The fourth-order valence-electron chi connectivity index (χ4n) is 4.02. The maximum Gasteiger partial charge on any atom is 0.255 e. The van der Waals surface area contributed by atoms with Gasteiger partial charge >= 0.3 is 0 Å². The highest BCUT2D eigenvalue weighted by Gasteiger charge is 2.36. The Bertz CT molecular complexity index is 1070. The molecule has 7 heteroatoms. The molecule has 0 N–H and O–H groups in total. The summed E-state index contributed by atoms with van der Waals surface area (Å²) < 4.78 is 15.8. The summed E-state index contributed by atoms with van der Waals surface area (Å²) in [5.74, 6) is 1.99. The Labute approximate surface area is 156 Å². The van der Waals surface area contributed by atoms with E-state index in [4.69, 9.17) is 0 Å². The monoisotopic (exact) mass is 365 g/mol. The van der Waals surface area contributed by atoms with Gasteiger partial charge in [0.05, 0.1) is 23.7 Å². The Kier molecular flexibility index (Phi) is 3.54. The van der Waals surface area contributed by atoms with Crippen LogP contribution in [0.1, 0.15) is 59.4 Å². The minimum atomic E-state index is -0.355. The van der Waals surface area contributed by atoms with E-state index >= 15 is 0 Å². The second-order valence-electron chi connectivity index (χ2n) is 7.63. The molecule has 1 amide bonds. The summed E-state index contributed by atoms with van der Waals surface area (Å²) >= 11 is 0. The molecule has 27 heavy (non-hydrogen) atoms. The summed E-state index contributed by atoms with van der Waals surface area (Å²) in [5, 5.41) is 9.39. The van der Waals surface area contributed by atoms with Gasteiger partial charge in [-0.05, 0) is 44.9 Å². The molecular formula is C20H20FN5O. The molecular weight excluding hydrogens is 345 g/mol. The van der Waals surface area contributed by atoms with E-state index in [2.05, 4.69) is 26.7 Å². The van der Waals surface area contributed by atoms with Crippen LogP contribution in [0.3, 0.4) is 0 Å². The topological polar surface area (TPSA) is 63.9 Å². The van der Waals surface area contributed by atoms with E-state index in [0.717, 1.165) is 11.6 Å². The summed E-state index contributed by atoms with van der Waals surface area (Å²) in [6.45, 7) is 4.96. The molecule has 5 rings (SSSR count). The lowest BCUT2D eigenvalue weighted by Gasteiger charge is -2.33. The molecule has 2 aliphatic rings. The number of rotatable bonds is 2. The summed E-state index contributed by atoms with van der Waals surface area (Å²) in [6, 6.07) is 6.28. The minimum absolute atomic E-state index is 0.0776. The molecule has 1 aliphatic carbocycles. The molecule has 1 saturated carbocycles. The van der Waals surface area contributed by atoms with Gasteiger partial charge in [-0.1, -0.05) is 0 Å². The van der Waals surface area contributed by atoms with E-state index in [1.165, 1.54) is 25.0 Å². The van der Waals surface area contributed by atoms with Crippen molar-refractivity contribution in [3.8, 4) is 0 Å². The molecule has 1 aliphatic heterocycles. The molecule has 3 heterocycles. The van der Waals surface area contributed by atoms with Crippen molar-refractivity contribution < 1.29 is 9.18 Å². The Morgan fingerprint density at radius 1 is 1.22 bits per heavy atom. The number of carbonyl (C=O) groups is 1. The van der Waals surface area contributed by atoms with Crippen LogP contribution in [-0.4, -0.2) is 37.1 Å². The highest BCUT2D eigenvalue weighted by Crippen LogP contribution is 2.41. The highest BCUT2D eigenvalue weighted by atomic mass is 19.1. The molecule has 0 radical (unpaired) electrons. The second kappa shape index (κ2) is 5.84. The lowest BCUT2D eigenvalue weighted by molar-refractivity contribution is 0.0681. The number of carbonyl (C=O) groups excluding carboxylic acids is 1. The standard InChI is InChI=1S/C20H20FN5O/c1-11-7-16(15-6-5-14(21)8-17(15)22-11)20(27)25-9-12(2)26-18(10-25)23-24-19(26)13-3-4-13/h5-8,12-13H,3-4,9-10H2,1-2H3/t12-/m0/s1. The second-order valence-corrected chi connectivity index (χ2v) is 7.63. The summed E-state index contributed by atoms with van der Waals surface area (Å²) in [7, 11) is 0. The Balaban J connectivity index is 1.52. The third-order valence-electron chi connectivity index (χ3n) is 5.41. The lowest BCUT2D eigenvalue weighted by atomic mass is 10.1. The van der Waals surface area contributed by atoms with E-state index in [1.54, 1.807) is 12.1 Å². The van der Waals surface area contributed by atoms with Crippen molar-refractivity contribution in [3.05, 3.63) is 53.0 Å². The molecule has 0 bridgehead atoms. The van der Waals surface area contributed by atoms with Crippen LogP contribution in [0, 0.1) is 12.7 Å². The van der Waals surface area contributed by atoms with Crippen LogP contribution in [0.15, 0.2) is 24.3 Å². The first-order valence-electron chi connectivity index (χ1n) is 9.31. The number of amides is 1. The van der Waals surface area contributed by atoms with Crippen molar-refractivity contribution in [2.75, 3.05) is 6.54 Å². The van der Waals surface area contributed by atoms with E-state index in [1.807, 2.05) is 11.8 Å². The van der Waals surface area contributed by atoms with Crippen LogP contribution in [0.5, 0.6) is 0 Å². The molecule has 6 nitrogen and oxygen atoms in total. The molecule has 2 aromatic heterocycles. The van der Waals surface area contributed by atoms with E-state index in [9.17, 15) is 9.18 Å². The van der Waals surface area contributed by atoms with Gasteiger partial charge in [0.1, 0.15) is 11.6 Å². The van der Waals surface area contributed by atoms with Crippen molar-refractivity contribution >= 4 is 16.8 Å². The number of hydrogen-bond acceptors (Lipinski definition) is 4. The molecule has 0 saturated heterocycles. The number of nitrogens with zero attached hydrogens (tertiary/aromatic N) is 5. The average molecular weight is 365 g/mol. The fourth-order valence-corrected chi connectivity index (χ4v) is 4.02. The molecule has 0 spiro atoms. The van der Waals surface area contributed by atoms with Gasteiger partial charge in [0.15, 0.2) is 5.82 Å². The van der Waals surface area contributed by atoms with Crippen LogP contribution < -0.4 is 0 Å². The van der Waals surface area contributed by atoms with Crippen LogP contribution in [-0.2, 0) is 6.54 Å². The number of hydrogen-bond donors (Lipinski definition) is 0. The largest absolute Gasteiger partial charge is 0.329 e. The highest BCUT2D eigenvalue weighted by molar-refractivity contribution is 6.06. The number of aryl methyl sites for hydroxylation is 1. The molecule has 1 atom stereocenters.